The van der Waals surface area contributed by atoms with E-state index in [-0.39, 0.29) is 12.3 Å². The van der Waals surface area contributed by atoms with Gasteiger partial charge in [0.1, 0.15) is 0 Å². The summed E-state index contributed by atoms with van der Waals surface area (Å²) in [7, 11) is 0. The lowest BCUT2D eigenvalue weighted by molar-refractivity contribution is -0.137. The van der Waals surface area contributed by atoms with Crippen LogP contribution in [0.1, 0.15) is 11.1 Å². The summed E-state index contributed by atoms with van der Waals surface area (Å²) in [4.78, 5) is 15.5. The van der Waals surface area contributed by atoms with Crippen LogP contribution in [0.3, 0.4) is 0 Å². The molecule has 1 amide bonds. The van der Waals surface area contributed by atoms with Gasteiger partial charge in [-0.15, -0.1) is 0 Å². The van der Waals surface area contributed by atoms with E-state index in [0.717, 1.165) is 12.1 Å². The summed E-state index contributed by atoms with van der Waals surface area (Å²) in [5.74, 6) is -0.295. The largest absolute Gasteiger partial charge is 0.416 e. The number of benzene rings is 1. The number of carbonyl (C=O) groups is 1. The molecule has 0 radical (unpaired) electrons. The van der Waals surface area contributed by atoms with Gasteiger partial charge in [0, 0.05) is 18.1 Å². The molecule has 104 valence electrons. The summed E-state index contributed by atoms with van der Waals surface area (Å²) >= 11 is 0. The third-order valence-electron chi connectivity index (χ3n) is 2.61. The molecule has 0 unspecified atom stereocenters. The van der Waals surface area contributed by atoms with Crippen LogP contribution in [0.4, 0.5) is 18.9 Å². The highest BCUT2D eigenvalue weighted by atomic mass is 19.4. The molecule has 0 aliphatic heterocycles. The minimum Gasteiger partial charge on any atom is -0.326 e. The Morgan fingerprint density at radius 3 is 2.20 bits per heavy atom. The maximum Gasteiger partial charge on any atom is 0.416 e. The predicted octanol–water partition coefficient (Wildman–Crippen LogP) is 3.28. The van der Waals surface area contributed by atoms with Crippen molar-refractivity contribution in [1.82, 2.24) is 4.98 Å². The molecule has 1 heterocycles. The van der Waals surface area contributed by atoms with Gasteiger partial charge in [-0.25, -0.2) is 0 Å². The number of nitrogens with zero attached hydrogens (tertiary/aromatic N) is 1. The zero-order valence-electron chi connectivity index (χ0n) is 10.3. The van der Waals surface area contributed by atoms with E-state index >= 15 is 0 Å². The second kappa shape index (κ2) is 5.73. The topological polar surface area (TPSA) is 42.0 Å². The van der Waals surface area contributed by atoms with Crippen molar-refractivity contribution < 1.29 is 18.0 Å². The number of aromatic nitrogens is 1. The molecular weight excluding hydrogens is 269 g/mol. The highest BCUT2D eigenvalue weighted by Gasteiger charge is 2.29. The van der Waals surface area contributed by atoms with Gasteiger partial charge >= 0.3 is 6.18 Å². The highest BCUT2D eigenvalue weighted by Crippen LogP contribution is 2.29. The monoisotopic (exact) mass is 280 g/mol. The maximum absolute atomic E-state index is 12.4. The fourth-order valence-corrected chi connectivity index (χ4v) is 1.64. The number of anilines is 1. The van der Waals surface area contributed by atoms with Crippen LogP contribution in [-0.4, -0.2) is 10.9 Å². The fourth-order valence-electron chi connectivity index (χ4n) is 1.64. The molecule has 0 bridgehead atoms. The molecule has 3 nitrogen and oxygen atoms in total. The van der Waals surface area contributed by atoms with Gasteiger partial charge in [-0.05, 0) is 29.8 Å². The number of amides is 1. The van der Waals surface area contributed by atoms with Crippen molar-refractivity contribution in [3.63, 3.8) is 0 Å². The molecule has 0 saturated carbocycles. The van der Waals surface area contributed by atoms with E-state index in [1.54, 1.807) is 12.1 Å². The van der Waals surface area contributed by atoms with Crippen LogP contribution in [0.2, 0.25) is 0 Å². The van der Waals surface area contributed by atoms with Crippen LogP contribution in [0, 0.1) is 0 Å². The summed E-state index contributed by atoms with van der Waals surface area (Å²) in [5.41, 5.74) is 0.386. The van der Waals surface area contributed by atoms with E-state index < -0.39 is 11.7 Å². The normalized spacial score (nSPS) is 11.2. The van der Waals surface area contributed by atoms with Crippen molar-refractivity contribution in [3.05, 3.63) is 59.9 Å². The summed E-state index contributed by atoms with van der Waals surface area (Å²) in [6, 6.07) is 7.79. The molecule has 0 saturated heterocycles. The first kappa shape index (κ1) is 14.0. The summed E-state index contributed by atoms with van der Waals surface area (Å²) in [6.45, 7) is 0. The molecule has 2 rings (SSSR count). The number of carbonyl (C=O) groups excluding carboxylic acids is 1. The average molecular weight is 280 g/mol. The molecule has 1 aromatic carbocycles. The Hall–Kier alpha value is -2.37. The quantitative estimate of drug-likeness (QED) is 0.937. The van der Waals surface area contributed by atoms with Crippen molar-refractivity contribution >= 4 is 11.6 Å². The Kier molecular flexibility index (Phi) is 4.02. The smallest absolute Gasteiger partial charge is 0.326 e. The van der Waals surface area contributed by atoms with Gasteiger partial charge in [0.25, 0.3) is 0 Å². The van der Waals surface area contributed by atoms with Gasteiger partial charge in [0.15, 0.2) is 0 Å². The Balaban J connectivity index is 1.98. The van der Waals surface area contributed by atoms with Crippen LogP contribution in [-0.2, 0) is 17.4 Å². The van der Waals surface area contributed by atoms with E-state index in [4.69, 9.17) is 0 Å². The lowest BCUT2D eigenvalue weighted by Crippen LogP contribution is -2.14. The molecule has 0 atom stereocenters. The molecule has 1 aromatic heterocycles. The van der Waals surface area contributed by atoms with Crippen molar-refractivity contribution in [1.29, 1.82) is 0 Å². The number of alkyl halides is 3. The van der Waals surface area contributed by atoms with Crippen molar-refractivity contribution in [2.45, 2.75) is 12.6 Å². The summed E-state index contributed by atoms with van der Waals surface area (Å²) < 4.78 is 37.2. The molecule has 6 heteroatoms. The van der Waals surface area contributed by atoms with Gasteiger partial charge in [-0.3, -0.25) is 9.78 Å². The number of pyridine rings is 1. The van der Waals surface area contributed by atoms with Gasteiger partial charge in [-0.2, -0.15) is 13.2 Å². The first-order valence-corrected chi connectivity index (χ1v) is 5.81. The highest BCUT2D eigenvalue weighted by molar-refractivity contribution is 5.92. The van der Waals surface area contributed by atoms with Crippen LogP contribution in [0.25, 0.3) is 0 Å². The van der Waals surface area contributed by atoms with E-state index in [1.807, 2.05) is 0 Å². The SMILES string of the molecule is O=C(Cc1ccc(C(F)(F)F)cc1)Nc1ccncc1. The van der Waals surface area contributed by atoms with Gasteiger partial charge in [-0.1, -0.05) is 12.1 Å². The first-order chi connectivity index (χ1) is 9.45. The minimum atomic E-state index is -4.36. The van der Waals surface area contributed by atoms with E-state index in [2.05, 4.69) is 10.3 Å². The van der Waals surface area contributed by atoms with Crippen LogP contribution < -0.4 is 5.32 Å². The van der Waals surface area contributed by atoms with E-state index in [1.165, 1.54) is 24.5 Å². The summed E-state index contributed by atoms with van der Waals surface area (Å²) in [6.07, 6.45) is -1.28. The van der Waals surface area contributed by atoms with Crippen molar-refractivity contribution in [2.24, 2.45) is 0 Å². The Bertz CT molecular complexity index is 580. The van der Waals surface area contributed by atoms with Crippen LogP contribution >= 0.6 is 0 Å². The third kappa shape index (κ3) is 3.81. The number of hydrogen-bond acceptors (Lipinski definition) is 2. The van der Waals surface area contributed by atoms with Crippen molar-refractivity contribution in [3.8, 4) is 0 Å². The fraction of sp³-hybridized carbons (Fsp3) is 0.143. The molecule has 0 fully saturated rings. The van der Waals surface area contributed by atoms with Crippen molar-refractivity contribution in [2.75, 3.05) is 5.32 Å². The molecular formula is C14H11F3N2O. The average Bonchev–Trinajstić information content (AvgIpc) is 2.39. The van der Waals surface area contributed by atoms with Crippen LogP contribution in [0.5, 0.6) is 0 Å². The Morgan fingerprint density at radius 2 is 1.65 bits per heavy atom. The zero-order valence-corrected chi connectivity index (χ0v) is 10.3. The number of nitrogens with one attached hydrogen (secondary N) is 1. The molecule has 1 N–H and O–H groups in total. The summed E-state index contributed by atoms with van der Waals surface area (Å²) in [5, 5.41) is 2.63. The van der Waals surface area contributed by atoms with E-state index in [9.17, 15) is 18.0 Å². The lowest BCUT2D eigenvalue weighted by atomic mass is 10.1. The molecule has 0 spiro atoms. The molecule has 2 aromatic rings. The first-order valence-electron chi connectivity index (χ1n) is 5.81. The number of halogens is 3. The van der Waals surface area contributed by atoms with Crippen LogP contribution in [0.15, 0.2) is 48.8 Å². The molecule has 0 aliphatic carbocycles. The van der Waals surface area contributed by atoms with Gasteiger partial charge in [0.2, 0.25) is 5.91 Å². The zero-order chi connectivity index (χ0) is 14.6. The Morgan fingerprint density at radius 1 is 1.05 bits per heavy atom. The minimum absolute atomic E-state index is 0.0143. The molecule has 0 aliphatic rings. The van der Waals surface area contributed by atoms with Gasteiger partial charge < -0.3 is 5.32 Å². The lowest BCUT2D eigenvalue weighted by Gasteiger charge is -2.08. The van der Waals surface area contributed by atoms with E-state index in [0.29, 0.717) is 11.3 Å². The molecule has 20 heavy (non-hydrogen) atoms. The second-order valence-corrected chi connectivity index (χ2v) is 4.16. The number of hydrogen-bond donors (Lipinski definition) is 1. The second-order valence-electron chi connectivity index (χ2n) is 4.16. The maximum atomic E-state index is 12.4. The number of rotatable bonds is 3. The third-order valence-corrected chi connectivity index (χ3v) is 2.61. The standard InChI is InChI=1S/C14H11F3N2O/c15-14(16,17)11-3-1-10(2-4-11)9-13(20)19-12-5-7-18-8-6-12/h1-8H,9H2,(H,18,19,20). The predicted molar refractivity (Wildman–Crippen MR) is 68.0 cm³/mol. The van der Waals surface area contributed by atoms with Gasteiger partial charge in [0.05, 0.1) is 12.0 Å². The Labute approximate surface area is 113 Å².